The molecular weight excluding hydrogens is 373 g/mol. The summed E-state index contributed by atoms with van der Waals surface area (Å²) in [5.41, 5.74) is 0.0899. The SMILES string of the molecule is N#CCNC(=O)C(Cc1ccccc1)NC(=O)Nc1ccc(C(F)(F)F)cc1. The number of hydrogen-bond acceptors (Lipinski definition) is 3. The minimum Gasteiger partial charge on any atom is -0.341 e. The lowest BCUT2D eigenvalue weighted by Crippen LogP contribution is -2.49. The van der Waals surface area contributed by atoms with Gasteiger partial charge in [0.2, 0.25) is 5.91 Å². The van der Waals surface area contributed by atoms with Crippen LogP contribution in [0.25, 0.3) is 0 Å². The van der Waals surface area contributed by atoms with E-state index in [-0.39, 0.29) is 18.7 Å². The lowest BCUT2D eigenvalue weighted by atomic mass is 10.1. The average Bonchev–Trinajstić information content (AvgIpc) is 2.66. The quantitative estimate of drug-likeness (QED) is 0.662. The zero-order valence-corrected chi connectivity index (χ0v) is 14.6. The molecule has 146 valence electrons. The van der Waals surface area contributed by atoms with E-state index in [1.165, 1.54) is 0 Å². The molecule has 1 atom stereocenters. The van der Waals surface area contributed by atoms with Crippen molar-refractivity contribution in [1.29, 1.82) is 5.26 Å². The average molecular weight is 390 g/mol. The van der Waals surface area contributed by atoms with Gasteiger partial charge in [-0.1, -0.05) is 30.3 Å². The number of rotatable bonds is 6. The number of alkyl halides is 3. The topological polar surface area (TPSA) is 94.0 Å². The first kappa shape index (κ1) is 20.8. The largest absolute Gasteiger partial charge is 0.416 e. The van der Waals surface area contributed by atoms with Crippen molar-refractivity contribution < 1.29 is 22.8 Å². The summed E-state index contributed by atoms with van der Waals surface area (Å²) in [5, 5.41) is 15.8. The number of nitrogens with one attached hydrogen (secondary N) is 3. The molecule has 1 unspecified atom stereocenters. The number of anilines is 1. The maximum atomic E-state index is 12.6. The maximum Gasteiger partial charge on any atom is 0.416 e. The number of carbonyl (C=O) groups excluding carboxylic acids is 2. The summed E-state index contributed by atoms with van der Waals surface area (Å²) in [5.74, 6) is -0.548. The number of halogens is 3. The van der Waals surface area contributed by atoms with Crippen LogP contribution in [-0.4, -0.2) is 24.5 Å². The Morgan fingerprint density at radius 3 is 2.25 bits per heavy atom. The Morgan fingerprint density at radius 2 is 1.68 bits per heavy atom. The highest BCUT2D eigenvalue weighted by atomic mass is 19.4. The van der Waals surface area contributed by atoms with Gasteiger partial charge in [0.15, 0.2) is 0 Å². The molecule has 0 aliphatic heterocycles. The second kappa shape index (κ2) is 9.41. The molecule has 0 saturated carbocycles. The highest BCUT2D eigenvalue weighted by molar-refractivity contribution is 5.93. The van der Waals surface area contributed by atoms with Crippen molar-refractivity contribution in [2.75, 3.05) is 11.9 Å². The van der Waals surface area contributed by atoms with Crippen molar-refractivity contribution in [3.63, 3.8) is 0 Å². The second-order valence-corrected chi connectivity index (χ2v) is 5.79. The molecule has 2 aromatic rings. The van der Waals surface area contributed by atoms with Crippen molar-refractivity contribution in [2.24, 2.45) is 0 Å². The van der Waals surface area contributed by atoms with E-state index in [1.807, 2.05) is 0 Å². The first-order valence-electron chi connectivity index (χ1n) is 8.23. The van der Waals surface area contributed by atoms with Gasteiger partial charge in [0.1, 0.15) is 12.6 Å². The van der Waals surface area contributed by atoms with Crippen LogP contribution in [0.2, 0.25) is 0 Å². The van der Waals surface area contributed by atoms with E-state index in [0.29, 0.717) is 0 Å². The van der Waals surface area contributed by atoms with E-state index < -0.39 is 29.7 Å². The zero-order chi connectivity index (χ0) is 20.6. The number of benzene rings is 2. The van der Waals surface area contributed by atoms with Crippen LogP contribution in [0, 0.1) is 11.3 Å². The van der Waals surface area contributed by atoms with Crippen LogP contribution in [0.1, 0.15) is 11.1 Å². The smallest absolute Gasteiger partial charge is 0.341 e. The first-order chi connectivity index (χ1) is 13.3. The molecule has 0 saturated heterocycles. The minimum atomic E-state index is -4.47. The summed E-state index contributed by atoms with van der Waals surface area (Å²) in [7, 11) is 0. The number of carbonyl (C=O) groups is 2. The zero-order valence-electron chi connectivity index (χ0n) is 14.6. The first-order valence-corrected chi connectivity index (χ1v) is 8.23. The van der Waals surface area contributed by atoms with Gasteiger partial charge in [-0.3, -0.25) is 4.79 Å². The van der Waals surface area contributed by atoms with Crippen LogP contribution in [0.4, 0.5) is 23.7 Å². The summed E-state index contributed by atoms with van der Waals surface area (Å²) in [6.45, 7) is -0.216. The van der Waals surface area contributed by atoms with Gasteiger partial charge < -0.3 is 16.0 Å². The molecule has 6 nitrogen and oxygen atoms in total. The minimum absolute atomic E-state index is 0.140. The van der Waals surface area contributed by atoms with Crippen LogP contribution in [-0.2, 0) is 17.4 Å². The molecule has 3 N–H and O–H groups in total. The van der Waals surface area contributed by atoms with Gasteiger partial charge in [-0.2, -0.15) is 18.4 Å². The Balaban J connectivity index is 2.04. The van der Waals surface area contributed by atoms with Gasteiger partial charge in [0.25, 0.3) is 0 Å². The number of amides is 3. The third-order valence-electron chi connectivity index (χ3n) is 3.72. The number of hydrogen-bond donors (Lipinski definition) is 3. The number of nitriles is 1. The van der Waals surface area contributed by atoms with Crippen molar-refractivity contribution in [2.45, 2.75) is 18.6 Å². The molecule has 3 amide bonds. The lowest BCUT2D eigenvalue weighted by Gasteiger charge is -2.18. The van der Waals surface area contributed by atoms with Gasteiger partial charge in [0.05, 0.1) is 11.6 Å². The second-order valence-electron chi connectivity index (χ2n) is 5.79. The summed E-state index contributed by atoms with van der Waals surface area (Å²) in [4.78, 5) is 24.4. The fourth-order valence-corrected chi connectivity index (χ4v) is 2.38. The third-order valence-corrected chi connectivity index (χ3v) is 3.72. The number of urea groups is 1. The molecule has 0 heterocycles. The Hall–Kier alpha value is -3.54. The van der Waals surface area contributed by atoms with Crippen molar-refractivity contribution in [3.05, 3.63) is 65.7 Å². The Bertz CT molecular complexity index is 846. The molecule has 0 aliphatic carbocycles. The maximum absolute atomic E-state index is 12.6. The molecule has 0 bridgehead atoms. The van der Waals surface area contributed by atoms with Crippen molar-refractivity contribution in [1.82, 2.24) is 10.6 Å². The van der Waals surface area contributed by atoms with E-state index in [1.54, 1.807) is 36.4 Å². The highest BCUT2D eigenvalue weighted by Gasteiger charge is 2.30. The van der Waals surface area contributed by atoms with Gasteiger partial charge in [-0.15, -0.1) is 0 Å². The Kier molecular flexibility index (Phi) is 6.98. The summed E-state index contributed by atoms with van der Waals surface area (Å²) in [6.07, 6.45) is -4.29. The fraction of sp³-hybridized carbons (Fsp3) is 0.211. The number of nitrogens with zero attached hydrogens (tertiary/aromatic N) is 1. The van der Waals surface area contributed by atoms with Gasteiger partial charge in [-0.25, -0.2) is 4.79 Å². The van der Waals surface area contributed by atoms with Crippen LogP contribution in [0.3, 0.4) is 0 Å². The predicted octanol–water partition coefficient (Wildman–Crippen LogP) is 3.08. The lowest BCUT2D eigenvalue weighted by molar-refractivity contribution is -0.137. The highest BCUT2D eigenvalue weighted by Crippen LogP contribution is 2.29. The van der Waals surface area contributed by atoms with Crippen molar-refractivity contribution in [3.8, 4) is 6.07 Å². The Labute approximate surface area is 159 Å². The molecular formula is C19H17F3N4O2. The predicted molar refractivity (Wildman–Crippen MR) is 96.2 cm³/mol. The molecule has 0 aliphatic rings. The normalized spacial score (nSPS) is 11.8. The van der Waals surface area contributed by atoms with Crippen molar-refractivity contribution >= 4 is 17.6 Å². The van der Waals surface area contributed by atoms with E-state index >= 15 is 0 Å². The molecule has 2 aromatic carbocycles. The van der Waals surface area contributed by atoms with E-state index in [4.69, 9.17) is 5.26 Å². The fourth-order valence-electron chi connectivity index (χ4n) is 2.38. The molecule has 0 fully saturated rings. The Morgan fingerprint density at radius 1 is 1.04 bits per heavy atom. The van der Waals surface area contributed by atoms with Gasteiger partial charge in [0, 0.05) is 12.1 Å². The third kappa shape index (κ3) is 6.32. The molecule has 0 aromatic heterocycles. The van der Waals surface area contributed by atoms with Crippen LogP contribution >= 0.6 is 0 Å². The molecule has 0 spiro atoms. The van der Waals surface area contributed by atoms with Crippen LogP contribution in [0.5, 0.6) is 0 Å². The molecule has 28 heavy (non-hydrogen) atoms. The molecule has 9 heteroatoms. The van der Waals surface area contributed by atoms with E-state index in [2.05, 4.69) is 16.0 Å². The monoisotopic (exact) mass is 390 g/mol. The van der Waals surface area contributed by atoms with E-state index in [9.17, 15) is 22.8 Å². The summed E-state index contributed by atoms with van der Waals surface area (Å²) in [6, 6.07) is 12.9. The summed E-state index contributed by atoms with van der Waals surface area (Å²) >= 11 is 0. The summed E-state index contributed by atoms with van der Waals surface area (Å²) < 4.78 is 37.8. The standard InChI is InChI=1S/C19H17F3N4O2/c20-19(21,22)14-6-8-15(9-7-14)25-18(28)26-16(17(27)24-11-10-23)12-13-4-2-1-3-5-13/h1-9,16H,11-12H2,(H,24,27)(H2,25,26,28). The van der Waals surface area contributed by atoms with Crippen LogP contribution in [0.15, 0.2) is 54.6 Å². The van der Waals surface area contributed by atoms with E-state index in [0.717, 1.165) is 29.8 Å². The molecule has 2 rings (SSSR count). The van der Waals surface area contributed by atoms with Gasteiger partial charge >= 0.3 is 12.2 Å². The van der Waals surface area contributed by atoms with Crippen LogP contribution < -0.4 is 16.0 Å². The molecule has 0 radical (unpaired) electrons. The van der Waals surface area contributed by atoms with Gasteiger partial charge in [-0.05, 0) is 29.8 Å².